The monoisotopic (exact) mass is 340 g/mol. The molecule has 3 rings (SSSR count). The predicted octanol–water partition coefficient (Wildman–Crippen LogP) is 2.22. The fourth-order valence-electron chi connectivity index (χ4n) is 2.67. The number of amides is 2. The van der Waals surface area contributed by atoms with Gasteiger partial charge in [-0.15, -0.1) is 0 Å². The van der Waals surface area contributed by atoms with Crippen molar-refractivity contribution >= 4 is 22.6 Å². The molecule has 2 amide bonds. The molecule has 0 atom stereocenters. The van der Waals surface area contributed by atoms with Crippen LogP contribution in [0.4, 0.5) is 10.5 Å². The van der Waals surface area contributed by atoms with E-state index in [2.05, 4.69) is 51.4 Å². The van der Waals surface area contributed by atoms with Crippen molar-refractivity contribution in [2.75, 3.05) is 32.5 Å². The Hall–Kier alpha value is -2.80. The largest absolute Gasteiger partial charge is 0.346 e. The second kappa shape index (κ2) is 7.85. The smallest absolute Gasteiger partial charge is 0.319 e. The lowest BCUT2D eigenvalue weighted by molar-refractivity contribution is 0.251. The molecule has 1 aromatic carbocycles. The average molecular weight is 340 g/mol. The van der Waals surface area contributed by atoms with Gasteiger partial charge >= 0.3 is 6.03 Å². The topological polar surface area (TPSA) is 67.1 Å². The Morgan fingerprint density at radius 1 is 1.20 bits per heavy atom. The molecule has 0 unspecified atom stereocenters. The van der Waals surface area contributed by atoms with E-state index in [9.17, 15) is 4.79 Å². The Kier molecular flexibility index (Phi) is 5.35. The summed E-state index contributed by atoms with van der Waals surface area (Å²) in [7, 11) is 4.14. The zero-order valence-corrected chi connectivity index (χ0v) is 14.6. The van der Waals surface area contributed by atoms with Crippen molar-refractivity contribution in [3.63, 3.8) is 0 Å². The van der Waals surface area contributed by atoms with E-state index in [-0.39, 0.29) is 6.03 Å². The molecule has 25 heavy (non-hydrogen) atoms. The van der Waals surface area contributed by atoms with Crippen LogP contribution in [0.15, 0.2) is 49.2 Å². The maximum atomic E-state index is 12.0. The van der Waals surface area contributed by atoms with Crippen LogP contribution in [-0.4, -0.2) is 52.2 Å². The van der Waals surface area contributed by atoms with Crippen LogP contribution in [0.1, 0.15) is 0 Å². The molecule has 132 valence electrons. The Balaban J connectivity index is 1.55. The Morgan fingerprint density at radius 3 is 2.84 bits per heavy atom. The van der Waals surface area contributed by atoms with Crippen molar-refractivity contribution in [1.82, 2.24) is 24.3 Å². The van der Waals surface area contributed by atoms with Gasteiger partial charge < -0.3 is 24.7 Å². The molecule has 0 saturated carbocycles. The molecule has 3 aromatic rings. The highest BCUT2D eigenvalue weighted by atomic mass is 16.2. The summed E-state index contributed by atoms with van der Waals surface area (Å²) in [6.07, 6.45) is 7.41. The quantitative estimate of drug-likeness (QED) is 0.693. The SMILES string of the molecule is CN(C)CCn1ccc2cc(NC(=O)NCCn3ccnc3)ccc21. The summed E-state index contributed by atoms with van der Waals surface area (Å²) in [5.74, 6) is 0. The van der Waals surface area contributed by atoms with Gasteiger partial charge in [-0.3, -0.25) is 0 Å². The van der Waals surface area contributed by atoms with Gasteiger partial charge in [-0.05, 0) is 38.4 Å². The highest BCUT2D eigenvalue weighted by Crippen LogP contribution is 2.20. The first-order chi connectivity index (χ1) is 12.1. The number of aromatic nitrogens is 3. The summed E-state index contributed by atoms with van der Waals surface area (Å²) in [6, 6.07) is 7.85. The van der Waals surface area contributed by atoms with E-state index >= 15 is 0 Å². The molecule has 0 radical (unpaired) electrons. The van der Waals surface area contributed by atoms with Gasteiger partial charge in [-0.25, -0.2) is 9.78 Å². The maximum absolute atomic E-state index is 12.0. The average Bonchev–Trinajstić information content (AvgIpc) is 3.22. The third-order valence-corrected chi connectivity index (χ3v) is 4.03. The van der Waals surface area contributed by atoms with E-state index in [4.69, 9.17) is 0 Å². The molecule has 0 fully saturated rings. The number of urea groups is 1. The van der Waals surface area contributed by atoms with Gasteiger partial charge in [0.1, 0.15) is 0 Å². The van der Waals surface area contributed by atoms with Crippen molar-refractivity contribution in [3.8, 4) is 0 Å². The number of anilines is 1. The third kappa shape index (κ3) is 4.60. The van der Waals surface area contributed by atoms with E-state index in [0.29, 0.717) is 13.1 Å². The van der Waals surface area contributed by atoms with Crippen molar-refractivity contribution in [1.29, 1.82) is 0 Å². The van der Waals surface area contributed by atoms with E-state index in [1.165, 1.54) is 5.52 Å². The van der Waals surface area contributed by atoms with Gasteiger partial charge in [0.25, 0.3) is 0 Å². The molecular weight excluding hydrogens is 316 g/mol. The molecule has 7 heteroatoms. The molecule has 0 saturated heterocycles. The number of hydrogen-bond donors (Lipinski definition) is 2. The zero-order chi connectivity index (χ0) is 17.6. The lowest BCUT2D eigenvalue weighted by Gasteiger charge is -2.12. The zero-order valence-electron chi connectivity index (χ0n) is 14.6. The highest BCUT2D eigenvalue weighted by molar-refractivity contribution is 5.92. The summed E-state index contributed by atoms with van der Waals surface area (Å²) in [6.45, 7) is 3.17. The van der Waals surface area contributed by atoms with Crippen LogP contribution in [0.25, 0.3) is 10.9 Å². The molecule has 0 spiro atoms. The Bertz CT molecular complexity index is 821. The van der Waals surface area contributed by atoms with E-state index in [0.717, 1.165) is 24.2 Å². The first-order valence-electron chi connectivity index (χ1n) is 8.36. The van der Waals surface area contributed by atoms with E-state index < -0.39 is 0 Å². The number of nitrogens with one attached hydrogen (secondary N) is 2. The number of imidazole rings is 1. The first-order valence-corrected chi connectivity index (χ1v) is 8.36. The van der Waals surface area contributed by atoms with Crippen LogP contribution in [-0.2, 0) is 13.1 Å². The van der Waals surface area contributed by atoms with Crippen LogP contribution in [0.5, 0.6) is 0 Å². The molecule has 2 N–H and O–H groups in total. The molecule has 7 nitrogen and oxygen atoms in total. The standard InChI is InChI=1S/C18H24N6O/c1-22(2)11-12-24-8-5-15-13-16(3-4-17(15)24)21-18(25)20-7-10-23-9-6-19-14-23/h3-6,8-9,13-14H,7,10-12H2,1-2H3,(H2,20,21,25). The van der Waals surface area contributed by atoms with Crippen molar-refractivity contribution in [2.24, 2.45) is 0 Å². The fraction of sp³-hybridized carbons (Fsp3) is 0.333. The second-order valence-electron chi connectivity index (χ2n) is 6.27. The molecule has 0 bridgehead atoms. The minimum absolute atomic E-state index is 0.202. The van der Waals surface area contributed by atoms with Crippen LogP contribution in [0, 0.1) is 0 Å². The summed E-state index contributed by atoms with van der Waals surface area (Å²) < 4.78 is 4.15. The normalized spacial score (nSPS) is 11.2. The van der Waals surface area contributed by atoms with E-state index in [1.54, 1.807) is 12.5 Å². The Morgan fingerprint density at radius 2 is 2.08 bits per heavy atom. The number of benzene rings is 1. The number of fused-ring (bicyclic) bond motifs is 1. The van der Waals surface area contributed by atoms with E-state index in [1.807, 2.05) is 29.0 Å². The summed E-state index contributed by atoms with van der Waals surface area (Å²) in [5, 5.41) is 6.85. The van der Waals surface area contributed by atoms with Crippen molar-refractivity contribution in [2.45, 2.75) is 13.1 Å². The third-order valence-electron chi connectivity index (χ3n) is 4.03. The number of carbonyl (C=O) groups excluding carboxylic acids is 1. The molecule has 0 aliphatic heterocycles. The van der Waals surface area contributed by atoms with Crippen LogP contribution < -0.4 is 10.6 Å². The number of nitrogens with zero attached hydrogens (tertiary/aromatic N) is 4. The van der Waals surface area contributed by atoms with Gasteiger partial charge in [0.15, 0.2) is 0 Å². The van der Waals surface area contributed by atoms with Gasteiger partial charge in [0.2, 0.25) is 0 Å². The van der Waals surface area contributed by atoms with Crippen molar-refractivity contribution in [3.05, 3.63) is 49.2 Å². The van der Waals surface area contributed by atoms with Crippen LogP contribution >= 0.6 is 0 Å². The molecule has 2 heterocycles. The van der Waals surface area contributed by atoms with Crippen LogP contribution in [0.3, 0.4) is 0 Å². The van der Waals surface area contributed by atoms with Gasteiger partial charge in [0, 0.05) is 61.4 Å². The first kappa shape index (κ1) is 17.0. The fourth-order valence-corrected chi connectivity index (χ4v) is 2.67. The van der Waals surface area contributed by atoms with Gasteiger partial charge in [0.05, 0.1) is 6.33 Å². The lowest BCUT2D eigenvalue weighted by atomic mass is 10.2. The number of carbonyl (C=O) groups is 1. The molecular formula is C18H24N6O. The molecule has 2 aromatic heterocycles. The number of likely N-dealkylation sites (N-methyl/N-ethyl adjacent to an activating group) is 1. The van der Waals surface area contributed by atoms with Gasteiger partial charge in [-0.2, -0.15) is 0 Å². The van der Waals surface area contributed by atoms with Crippen molar-refractivity contribution < 1.29 is 4.79 Å². The van der Waals surface area contributed by atoms with Crippen LogP contribution in [0.2, 0.25) is 0 Å². The maximum Gasteiger partial charge on any atom is 0.319 e. The van der Waals surface area contributed by atoms with Gasteiger partial charge in [-0.1, -0.05) is 0 Å². The minimum atomic E-state index is -0.202. The summed E-state index contributed by atoms with van der Waals surface area (Å²) in [5.41, 5.74) is 1.96. The number of rotatable bonds is 7. The Labute approximate surface area is 147 Å². The lowest BCUT2D eigenvalue weighted by Crippen LogP contribution is -2.31. The summed E-state index contributed by atoms with van der Waals surface area (Å²) in [4.78, 5) is 18.1. The second-order valence-corrected chi connectivity index (χ2v) is 6.27. The highest BCUT2D eigenvalue weighted by Gasteiger charge is 2.05. The summed E-state index contributed by atoms with van der Waals surface area (Å²) >= 11 is 0. The minimum Gasteiger partial charge on any atom is -0.346 e. The predicted molar refractivity (Wildman–Crippen MR) is 99.7 cm³/mol. The molecule has 0 aliphatic carbocycles. The number of hydrogen-bond acceptors (Lipinski definition) is 3. The molecule has 0 aliphatic rings.